The minimum atomic E-state index is -2.83. The number of halogens is 3. The van der Waals surface area contributed by atoms with Crippen LogP contribution >= 0.6 is 11.3 Å². The largest absolute Gasteiger partial charge is 0.493 e. The Bertz CT molecular complexity index is 1910. The van der Waals surface area contributed by atoms with Gasteiger partial charge in [-0.25, -0.2) is 28.1 Å². The summed E-state index contributed by atoms with van der Waals surface area (Å²) < 4.78 is 48.5. The van der Waals surface area contributed by atoms with Crippen LogP contribution in [0.15, 0.2) is 67.0 Å². The van der Waals surface area contributed by atoms with Gasteiger partial charge in [0, 0.05) is 63.5 Å². The minimum Gasteiger partial charge on any atom is -0.493 e. The molecule has 268 valence electrons. The number of benzene rings is 1. The number of hydrogen-bond acceptors (Lipinski definition) is 11. The number of methoxy groups -OCH3 is 1. The molecule has 0 aliphatic carbocycles. The van der Waals surface area contributed by atoms with E-state index in [1.807, 2.05) is 36.0 Å². The van der Waals surface area contributed by atoms with Gasteiger partial charge in [0.05, 0.1) is 36.9 Å². The summed E-state index contributed by atoms with van der Waals surface area (Å²) >= 11 is 1.05. The number of hydrogen-bond donors (Lipinski definition) is 2. The third-order valence-electron chi connectivity index (χ3n) is 8.43. The summed E-state index contributed by atoms with van der Waals surface area (Å²) in [5.74, 6) is -2.68. The van der Waals surface area contributed by atoms with Crippen LogP contribution in [0.2, 0.25) is 0 Å². The number of thiazole rings is 1. The third-order valence-corrected chi connectivity index (χ3v) is 9.34. The van der Waals surface area contributed by atoms with Crippen LogP contribution < -0.4 is 25.2 Å². The van der Waals surface area contributed by atoms with Crippen LogP contribution in [0.5, 0.6) is 5.75 Å². The van der Waals surface area contributed by atoms with Crippen LogP contribution in [-0.2, 0) is 4.79 Å². The van der Waals surface area contributed by atoms with Crippen LogP contribution in [0.25, 0.3) is 11.3 Å². The normalized spacial score (nSPS) is 15.9. The number of anilines is 5. The van der Waals surface area contributed by atoms with Crippen molar-refractivity contribution >= 4 is 51.3 Å². The molecule has 1 aromatic carbocycles. The van der Waals surface area contributed by atoms with Gasteiger partial charge < -0.3 is 35.0 Å². The number of piperazine rings is 1. The van der Waals surface area contributed by atoms with Gasteiger partial charge in [-0.1, -0.05) is 29.5 Å². The van der Waals surface area contributed by atoms with Gasteiger partial charge in [0.25, 0.3) is 11.8 Å². The van der Waals surface area contributed by atoms with Crippen molar-refractivity contribution in [3.63, 3.8) is 0 Å². The number of para-hydroxylation sites is 1. The van der Waals surface area contributed by atoms with Crippen LogP contribution in [0.3, 0.4) is 0 Å². The quantitative estimate of drug-likeness (QED) is 0.196. The molecule has 0 unspecified atom stereocenters. The number of nitrogens with zero attached hydrogens (tertiary/aromatic N) is 7. The highest BCUT2D eigenvalue weighted by Crippen LogP contribution is 2.39. The Balaban J connectivity index is 1.22. The van der Waals surface area contributed by atoms with E-state index in [1.54, 1.807) is 40.3 Å². The average molecular weight is 722 g/mol. The molecule has 2 amide bonds. The van der Waals surface area contributed by atoms with Gasteiger partial charge in [-0.05, 0) is 44.4 Å². The second kappa shape index (κ2) is 15.3. The predicted molar refractivity (Wildman–Crippen MR) is 192 cm³/mol. The predicted octanol–water partition coefficient (Wildman–Crippen LogP) is 5.36. The lowest BCUT2D eigenvalue weighted by Gasteiger charge is -2.37. The van der Waals surface area contributed by atoms with E-state index in [4.69, 9.17) is 14.7 Å². The van der Waals surface area contributed by atoms with Gasteiger partial charge in [-0.3, -0.25) is 9.59 Å². The van der Waals surface area contributed by atoms with Crippen molar-refractivity contribution in [3.8, 4) is 17.0 Å². The lowest BCUT2D eigenvalue weighted by Crippen LogP contribution is -2.49. The van der Waals surface area contributed by atoms with E-state index in [0.29, 0.717) is 72.2 Å². The Kier molecular flexibility index (Phi) is 10.7. The fourth-order valence-electron chi connectivity index (χ4n) is 5.76. The second-order valence-corrected chi connectivity index (χ2v) is 13.4. The fourth-order valence-corrected chi connectivity index (χ4v) is 6.47. The van der Waals surface area contributed by atoms with Crippen molar-refractivity contribution in [1.82, 2.24) is 24.8 Å². The Morgan fingerprint density at radius 2 is 1.82 bits per heavy atom. The number of aromatic nitrogens is 3. The van der Waals surface area contributed by atoms with Gasteiger partial charge in [0.2, 0.25) is 5.91 Å². The summed E-state index contributed by atoms with van der Waals surface area (Å²) in [4.78, 5) is 47.0. The number of carbonyl (C=O) groups excluding carboxylic acids is 2. The molecule has 16 heteroatoms. The number of alkyl halides is 2. The van der Waals surface area contributed by atoms with Crippen molar-refractivity contribution in [2.75, 3.05) is 87.5 Å². The first kappa shape index (κ1) is 35.6. The summed E-state index contributed by atoms with van der Waals surface area (Å²) in [5, 5.41) is 5.98. The highest BCUT2D eigenvalue weighted by atomic mass is 32.1. The zero-order valence-electron chi connectivity index (χ0n) is 28.4. The maximum absolute atomic E-state index is 14.5. The zero-order valence-corrected chi connectivity index (χ0v) is 29.2. The SMILES string of the molecule is COc1ccc(-c2cnc(N3CCN(C(=O)/C=C/CN(C)C)CC3)c(N3CCC(F)(F)C3)c2)nc1Nc1ncc(C(=O)Nc2ccccc2F)s1. The summed E-state index contributed by atoms with van der Waals surface area (Å²) in [6, 6.07) is 11.1. The molecule has 2 aliphatic heterocycles. The van der Waals surface area contributed by atoms with E-state index >= 15 is 0 Å². The molecule has 5 heterocycles. The number of nitrogens with one attached hydrogen (secondary N) is 2. The molecular weight excluding hydrogens is 684 g/mol. The van der Waals surface area contributed by atoms with E-state index < -0.39 is 24.2 Å². The van der Waals surface area contributed by atoms with E-state index in [9.17, 15) is 22.8 Å². The maximum atomic E-state index is 14.5. The highest BCUT2D eigenvalue weighted by molar-refractivity contribution is 7.17. The van der Waals surface area contributed by atoms with Gasteiger partial charge in [-0.2, -0.15) is 0 Å². The molecule has 2 fully saturated rings. The molecule has 51 heavy (non-hydrogen) atoms. The molecule has 0 radical (unpaired) electrons. The van der Waals surface area contributed by atoms with Gasteiger partial charge >= 0.3 is 0 Å². The van der Waals surface area contributed by atoms with Crippen molar-refractivity contribution < 1.29 is 27.5 Å². The zero-order chi connectivity index (χ0) is 36.1. The number of likely N-dealkylation sites (N-methyl/N-ethyl adjacent to an activating group) is 1. The monoisotopic (exact) mass is 721 g/mol. The molecule has 2 N–H and O–H groups in total. The van der Waals surface area contributed by atoms with E-state index in [1.165, 1.54) is 31.5 Å². The summed E-state index contributed by atoms with van der Waals surface area (Å²) in [5.41, 5.74) is 1.71. The number of amides is 2. The highest BCUT2D eigenvalue weighted by Gasteiger charge is 2.40. The van der Waals surface area contributed by atoms with E-state index in [2.05, 4.69) is 15.6 Å². The summed E-state index contributed by atoms with van der Waals surface area (Å²) in [6.07, 6.45) is 6.18. The molecule has 4 aromatic rings. The molecule has 0 atom stereocenters. The smallest absolute Gasteiger partial charge is 0.267 e. The van der Waals surface area contributed by atoms with Crippen molar-refractivity contribution in [2.45, 2.75) is 12.3 Å². The first-order valence-electron chi connectivity index (χ1n) is 16.3. The van der Waals surface area contributed by atoms with Crippen LogP contribution in [0.4, 0.5) is 41.3 Å². The van der Waals surface area contributed by atoms with Gasteiger partial charge in [0.1, 0.15) is 10.7 Å². The Morgan fingerprint density at radius 3 is 2.53 bits per heavy atom. The molecule has 2 saturated heterocycles. The molecule has 6 rings (SSSR count). The number of ether oxygens (including phenoxy) is 1. The summed E-state index contributed by atoms with van der Waals surface area (Å²) in [7, 11) is 5.35. The molecule has 3 aromatic heterocycles. The molecule has 2 aliphatic rings. The number of pyridine rings is 2. The minimum absolute atomic E-state index is 0.0547. The van der Waals surface area contributed by atoms with Crippen LogP contribution in [0.1, 0.15) is 16.1 Å². The lowest BCUT2D eigenvalue weighted by atomic mass is 10.1. The molecule has 0 spiro atoms. The standard InChI is InChI=1S/C35H38F3N9O3S/c1-44(2)13-6-9-30(48)45-15-17-46(18-16-45)32-27(47-14-12-35(37,38)22-47)19-23(20-39-32)25-10-11-28(50-3)31(41-25)43-34-40-21-29(51-34)33(49)42-26-8-5-4-7-24(26)36/h4-11,19-21H,12-18,22H2,1-3H3,(H,42,49)(H,40,41,43)/b9-6+. The molecule has 0 saturated carbocycles. The van der Waals surface area contributed by atoms with Gasteiger partial charge in [-0.15, -0.1) is 0 Å². The number of carbonyl (C=O) groups is 2. The third kappa shape index (κ3) is 8.57. The van der Waals surface area contributed by atoms with Crippen molar-refractivity contribution in [3.05, 3.63) is 77.7 Å². The Morgan fingerprint density at radius 1 is 1.04 bits per heavy atom. The van der Waals surface area contributed by atoms with Crippen LogP contribution in [-0.4, -0.2) is 110 Å². The topological polar surface area (TPSA) is 119 Å². The molecule has 0 bridgehead atoms. The van der Waals surface area contributed by atoms with Gasteiger partial charge in [0.15, 0.2) is 22.5 Å². The Hall–Kier alpha value is -5.22. The maximum Gasteiger partial charge on any atom is 0.267 e. The first-order valence-corrected chi connectivity index (χ1v) is 17.1. The average Bonchev–Trinajstić information content (AvgIpc) is 3.74. The lowest BCUT2D eigenvalue weighted by molar-refractivity contribution is -0.126. The summed E-state index contributed by atoms with van der Waals surface area (Å²) in [6.45, 7) is 2.35. The second-order valence-electron chi connectivity index (χ2n) is 12.4. The fraction of sp³-hybridized carbons (Fsp3) is 0.343. The van der Waals surface area contributed by atoms with E-state index in [0.717, 1.165) is 11.3 Å². The van der Waals surface area contributed by atoms with Crippen molar-refractivity contribution in [2.24, 2.45) is 0 Å². The van der Waals surface area contributed by atoms with E-state index in [-0.39, 0.29) is 29.4 Å². The van der Waals surface area contributed by atoms with Crippen molar-refractivity contribution in [1.29, 1.82) is 0 Å². The van der Waals surface area contributed by atoms with Crippen LogP contribution in [0, 0.1) is 5.82 Å². The Labute approximate surface area is 297 Å². The first-order chi connectivity index (χ1) is 24.5. The number of rotatable bonds is 11. The molecule has 12 nitrogen and oxygen atoms in total. The molecular formula is C35H38F3N9O3S.